The van der Waals surface area contributed by atoms with E-state index in [-0.39, 0.29) is 43.7 Å². The van der Waals surface area contributed by atoms with Crippen LogP contribution in [0.15, 0.2) is 65.8 Å². The van der Waals surface area contributed by atoms with Crippen molar-refractivity contribution in [3.63, 3.8) is 0 Å². The van der Waals surface area contributed by atoms with Crippen molar-refractivity contribution in [3.05, 3.63) is 151 Å². The minimum atomic E-state index is -1.63. The first-order chi connectivity index (χ1) is 31.1. The van der Waals surface area contributed by atoms with E-state index >= 15 is 0 Å². The van der Waals surface area contributed by atoms with Crippen molar-refractivity contribution in [2.75, 3.05) is 0 Å². The first-order valence-corrected chi connectivity index (χ1v) is 23.4. The van der Waals surface area contributed by atoms with Gasteiger partial charge in [0, 0.05) is 42.5 Å². The molecule has 10 rings (SSSR count). The van der Waals surface area contributed by atoms with E-state index in [0.717, 1.165) is 66.8 Å². The molecule has 0 saturated heterocycles. The van der Waals surface area contributed by atoms with Crippen molar-refractivity contribution in [2.24, 2.45) is 4.99 Å². The zero-order chi connectivity index (χ0) is 48.5. The van der Waals surface area contributed by atoms with Crippen LogP contribution in [-0.2, 0) is 54.0 Å². The van der Waals surface area contributed by atoms with Crippen LogP contribution in [0.25, 0.3) is 38.8 Å². The van der Waals surface area contributed by atoms with Gasteiger partial charge in [0.1, 0.15) is 17.3 Å². The van der Waals surface area contributed by atoms with Crippen LogP contribution in [0.4, 0.5) is 0 Å². The predicted molar refractivity (Wildman–Crippen MR) is 269 cm³/mol. The number of benzene rings is 5. The van der Waals surface area contributed by atoms with Crippen molar-refractivity contribution in [2.45, 2.75) is 158 Å². The molecule has 5 nitrogen and oxygen atoms in total. The number of aliphatic imine (C=N–C) groups is 1. The van der Waals surface area contributed by atoms with Crippen LogP contribution in [0.1, 0.15) is 156 Å². The first-order valence-electron chi connectivity index (χ1n) is 24.4. The van der Waals surface area contributed by atoms with Gasteiger partial charge in [-0.25, -0.2) is 4.98 Å². The van der Waals surface area contributed by atoms with Gasteiger partial charge >= 0.3 is 21.1 Å². The van der Waals surface area contributed by atoms with E-state index in [1.807, 2.05) is 13.1 Å². The number of hydrogen-bond donors (Lipinski definition) is 0. The summed E-state index contributed by atoms with van der Waals surface area (Å²) in [5.74, 6) is 2.48. The maximum atomic E-state index is 9.59. The molecule has 0 saturated carbocycles. The van der Waals surface area contributed by atoms with Crippen LogP contribution < -0.4 is 4.74 Å². The average molecular weight is 1060 g/mol. The van der Waals surface area contributed by atoms with Gasteiger partial charge in [-0.05, 0) is 146 Å². The Morgan fingerprint density at radius 3 is 2.12 bits per heavy atom. The molecule has 3 aliphatic rings. The Morgan fingerprint density at radius 1 is 0.758 bits per heavy atom. The second-order valence-electron chi connectivity index (χ2n) is 22.6. The van der Waals surface area contributed by atoms with Crippen molar-refractivity contribution in [3.8, 4) is 28.4 Å². The molecule has 66 heavy (non-hydrogen) atoms. The Hall–Kier alpha value is -4.99. The Balaban J connectivity index is 0.00000578. The SMILES string of the molecule is [2H]C1([2H])C[C@@]2(C)N=C(c3[c-]c(Oc4[c-]c5c(cc4C)c4cc(C(C)(C)C)cc6c4n5-c4nccc(C)c4C6(C)C)cc(-c4c(C)cc(C)cc4C)c3)O[C@@]2(C)c2cc(C)c(C(C)(C)C)c(C)c21.[Pt+2]. The molecule has 5 aromatic carbocycles. The number of fused-ring (bicyclic) bond motifs is 8. The van der Waals surface area contributed by atoms with Gasteiger partial charge in [-0.3, -0.25) is 4.99 Å². The number of rotatable bonds is 4. The molecule has 0 fully saturated rings. The molecule has 0 radical (unpaired) electrons. The van der Waals surface area contributed by atoms with E-state index in [9.17, 15) is 2.74 Å². The number of nitrogens with zero attached hydrogens (tertiary/aromatic N) is 3. The van der Waals surface area contributed by atoms with E-state index in [1.54, 1.807) is 0 Å². The molecule has 1 aliphatic carbocycles. The third kappa shape index (κ3) is 6.71. The molecule has 0 bridgehead atoms. The molecule has 6 heteroatoms. The summed E-state index contributed by atoms with van der Waals surface area (Å²) in [7, 11) is 0. The fourth-order valence-corrected chi connectivity index (χ4v) is 12.0. The van der Waals surface area contributed by atoms with Crippen molar-refractivity contribution >= 4 is 27.7 Å². The minimum Gasteiger partial charge on any atom is -0.508 e. The number of ether oxygens (including phenoxy) is 2. The third-order valence-corrected chi connectivity index (χ3v) is 15.1. The van der Waals surface area contributed by atoms with Gasteiger partial charge in [-0.15, -0.1) is 23.1 Å². The molecule has 0 spiro atoms. The molecular formula is C60H65N3O2Pt. The van der Waals surface area contributed by atoms with E-state index in [1.165, 1.54) is 44.3 Å². The van der Waals surface area contributed by atoms with Crippen LogP contribution >= 0.6 is 0 Å². The summed E-state index contributed by atoms with van der Waals surface area (Å²) in [6.45, 7) is 37.2. The van der Waals surface area contributed by atoms with Crippen LogP contribution in [-0.4, -0.2) is 21.0 Å². The molecule has 0 unspecified atom stereocenters. The number of aryl methyl sites for hydroxylation is 6. The summed E-state index contributed by atoms with van der Waals surface area (Å²) >= 11 is 0. The molecule has 0 N–H and O–H groups in total. The van der Waals surface area contributed by atoms with Gasteiger partial charge in [0.15, 0.2) is 0 Å². The smallest absolute Gasteiger partial charge is 0.508 e. The molecule has 4 heterocycles. The molecule has 0 amide bonds. The maximum absolute atomic E-state index is 9.59. The summed E-state index contributed by atoms with van der Waals surface area (Å²) in [5.41, 5.74) is 16.9. The quantitative estimate of drug-likeness (QED) is 0.165. The van der Waals surface area contributed by atoms with E-state index in [4.69, 9.17) is 19.5 Å². The Bertz CT molecular complexity index is 3340. The topological polar surface area (TPSA) is 48.6 Å². The molecule has 7 aromatic rings. The summed E-state index contributed by atoms with van der Waals surface area (Å²) in [6, 6.07) is 27.4. The van der Waals surface area contributed by atoms with Crippen LogP contribution in [0, 0.1) is 60.6 Å². The van der Waals surface area contributed by atoms with Crippen LogP contribution in [0.2, 0.25) is 0 Å². The molecule has 2 atom stereocenters. The van der Waals surface area contributed by atoms with Crippen LogP contribution in [0.3, 0.4) is 0 Å². The van der Waals surface area contributed by atoms with Gasteiger partial charge in [-0.1, -0.05) is 127 Å². The predicted octanol–water partition coefficient (Wildman–Crippen LogP) is 15.0. The van der Waals surface area contributed by atoms with E-state index in [2.05, 4.69) is 182 Å². The van der Waals surface area contributed by atoms with Gasteiger partial charge in [0.05, 0.1) is 5.54 Å². The van der Waals surface area contributed by atoms with Crippen molar-refractivity contribution in [1.29, 1.82) is 0 Å². The Labute approximate surface area is 410 Å². The van der Waals surface area contributed by atoms with Gasteiger partial charge < -0.3 is 14.0 Å². The zero-order valence-corrected chi connectivity index (χ0v) is 44.2. The van der Waals surface area contributed by atoms with Crippen molar-refractivity contribution < 1.29 is 33.3 Å². The van der Waals surface area contributed by atoms with Crippen LogP contribution in [0.5, 0.6) is 11.5 Å². The second kappa shape index (κ2) is 15.0. The van der Waals surface area contributed by atoms with Crippen molar-refractivity contribution in [1.82, 2.24) is 9.55 Å². The maximum Gasteiger partial charge on any atom is 2.00 e. The largest absolute Gasteiger partial charge is 2.00 e. The summed E-state index contributed by atoms with van der Waals surface area (Å²) in [4.78, 5) is 10.5. The normalized spacial score (nSPS) is 20.7. The summed E-state index contributed by atoms with van der Waals surface area (Å²) in [5, 5.41) is 2.30. The monoisotopic (exact) mass is 1060 g/mol. The van der Waals surface area contributed by atoms with E-state index in [0.29, 0.717) is 23.0 Å². The third-order valence-electron chi connectivity index (χ3n) is 15.1. The first kappa shape index (κ1) is 43.6. The zero-order valence-electron chi connectivity index (χ0n) is 44.0. The van der Waals surface area contributed by atoms with Gasteiger partial charge in [-0.2, -0.15) is 6.07 Å². The summed E-state index contributed by atoms with van der Waals surface area (Å²) in [6.07, 6.45) is 0.464. The average Bonchev–Trinajstić information content (AvgIpc) is 3.65. The standard InChI is InChI=1S/C60H65N3O2.Pt/c1-32-22-35(4)50(36(5)23-32)39-26-40(55-62-59(16)20-18-43-38(7)51(57(11,12)13)37(6)25-46(43)60(59,17)65-55)28-42(27-39)64-49-31-48-44(24-34(49)3)45-29-41(56(8,9)10)30-47-53(45)63(48)54-52(58(47,14)15)33(2)19-21-61-54;/h19,21-27,29-30H,18,20H2,1-17H3;/q-2;+2/t59-,60+;/m1./s1/i18D2;. The van der Waals surface area contributed by atoms with Gasteiger partial charge in [0.2, 0.25) is 0 Å². The Kier molecular flexibility index (Phi) is 9.91. The molecule has 2 aromatic heterocycles. The second-order valence-corrected chi connectivity index (χ2v) is 22.6. The molecular weight excluding hydrogens is 990 g/mol. The molecule has 2 aliphatic heterocycles. The number of pyridine rings is 1. The number of hydrogen-bond acceptors (Lipinski definition) is 4. The minimum absolute atomic E-state index is 0. The Morgan fingerprint density at radius 2 is 1.45 bits per heavy atom. The fourth-order valence-electron chi connectivity index (χ4n) is 12.0. The summed E-state index contributed by atoms with van der Waals surface area (Å²) < 4.78 is 35.8. The van der Waals surface area contributed by atoms with E-state index < -0.39 is 17.5 Å². The fraction of sp³-hybridized carbons (Fsp3) is 0.400. The number of aromatic nitrogens is 2. The molecule has 342 valence electrons. The van der Waals surface area contributed by atoms with Gasteiger partial charge in [0.25, 0.3) is 0 Å².